The quantitative estimate of drug-likeness (QED) is 0.203. The lowest BCUT2D eigenvalue weighted by molar-refractivity contribution is -0.157. The van der Waals surface area contributed by atoms with Gasteiger partial charge in [-0.15, -0.1) is 0 Å². The van der Waals surface area contributed by atoms with Crippen molar-refractivity contribution in [2.75, 3.05) is 0 Å². The number of carbonyl (C=O) groups excluding carboxylic acids is 2. The zero-order valence-corrected chi connectivity index (χ0v) is 28.7. The normalized spacial score (nSPS) is 23.6. The highest BCUT2D eigenvalue weighted by molar-refractivity contribution is 5.98. The number of halogens is 1. The Morgan fingerprint density at radius 1 is 0.889 bits per heavy atom. The molecule has 7 nitrogen and oxygen atoms in total. The Bertz CT molecular complexity index is 1110. The second-order valence-electron chi connectivity index (χ2n) is 15.6. The summed E-state index contributed by atoms with van der Waals surface area (Å²) in [6, 6.07) is 0.201. The van der Waals surface area contributed by atoms with E-state index in [0.29, 0.717) is 31.7 Å². The molecule has 1 amide bonds. The summed E-state index contributed by atoms with van der Waals surface area (Å²) in [5.74, 6) is 0.131. The highest BCUT2D eigenvalue weighted by Gasteiger charge is 2.38. The molecule has 0 bridgehead atoms. The molecule has 0 spiro atoms. The van der Waals surface area contributed by atoms with Gasteiger partial charge in [0.1, 0.15) is 11.8 Å². The second kappa shape index (κ2) is 16.3. The Morgan fingerprint density at radius 3 is 2.07 bits per heavy atom. The largest absolute Gasteiger partial charge is 0.460 e. The molecular formula is C37H61FN2O5. The van der Waals surface area contributed by atoms with Crippen LogP contribution in [0.5, 0.6) is 0 Å². The van der Waals surface area contributed by atoms with Gasteiger partial charge in [-0.1, -0.05) is 52.4 Å². The minimum Gasteiger partial charge on any atom is -0.460 e. The summed E-state index contributed by atoms with van der Waals surface area (Å²) in [5, 5.41) is 25.1. The van der Waals surface area contributed by atoms with E-state index in [2.05, 4.69) is 23.7 Å². The minimum atomic E-state index is -1.00. The number of carbonyl (C=O) groups is 2. The highest BCUT2D eigenvalue weighted by Crippen LogP contribution is 2.47. The summed E-state index contributed by atoms with van der Waals surface area (Å²) in [6.45, 7) is 10.2. The number of alkyl halides is 1. The van der Waals surface area contributed by atoms with E-state index in [1.165, 1.54) is 24.1 Å². The fraction of sp³-hybridized carbons (Fsp3) is 0.838. The van der Waals surface area contributed by atoms with Crippen molar-refractivity contribution in [3.8, 4) is 0 Å². The van der Waals surface area contributed by atoms with E-state index >= 15 is 0 Å². The SMILES string of the molecule is CC(C)c1c(C(=O)NC2CCCCC2)c(C2CCCCC2)c(C2CCC(F)CC2)n1CC[C@@H](O)C[C@@H](O)CC(=O)OC(C)(C)C. The molecule has 1 aromatic rings. The van der Waals surface area contributed by atoms with Crippen molar-refractivity contribution < 1.29 is 28.9 Å². The van der Waals surface area contributed by atoms with Crippen molar-refractivity contribution in [2.24, 2.45) is 0 Å². The van der Waals surface area contributed by atoms with Gasteiger partial charge in [0.25, 0.3) is 5.91 Å². The molecule has 3 saturated carbocycles. The van der Waals surface area contributed by atoms with Crippen LogP contribution in [0.2, 0.25) is 0 Å². The van der Waals surface area contributed by atoms with Crippen molar-refractivity contribution >= 4 is 11.9 Å². The van der Waals surface area contributed by atoms with Crippen molar-refractivity contribution in [1.82, 2.24) is 9.88 Å². The maximum atomic E-state index is 14.4. The lowest BCUT2D eigenvalue weighted by Crippen LogP contribution is -2.37. The Kier molecular flexibility index (Phi) is 13.0. The smallest absolute Gasteiger partial charge is 0.308 e. The van der Waals surface area contributed by atoms with Crippen LogP contribution in [0.15, 0.2) is 0 Å². The number of ether oxygens (including phenoxy) is 1. The number of aromatic nitrogens is 1. The number of esters is 1. The molecule has 2 atom stereocenters. The predicted molar refractivity (Wildman–Crippen MR) is 177 cm³/mol. The summed E-state index contributed by atoms with van der Waals surface area (Å²) in [6.07, 6.45) is 11.5. The first-order valence-electron chi connectivity index (χ1n) is 18.1. The van der Waals surface area contributed by atoms with Crippen LogP contribution in [0.4, 0.5) is 4.39 Å². The molecule has 256 valence electrons. The third kappa shape index (κ3) is 10.0. The number of nitrogens with zero attached hydrogens (tertiary/aromatic N) is 1. The monoisotopic (exact) mass is 632 g/mol. The number of nitrogens with one attached hydrogen (secondary N) is 1. The van der Waals surface area contributed by atoms with Crippen LogP contribution in [-0.4, -0.2) is 56.7 Å². The van der Waals surface area contributed by atoms with Gasteiger partial charge in [-0.05, 0) is 108 Å². The average molecular weight is 633 g/mol. The third-order valence-corrected chi connectivity index (χ3v) is 10.2. The molecule has 3 aliphatic rings. The molecule has 0 saturated heterocycles. The Labute approximate surface area is 271 Å². The van der Waals surface area contributed by atoms with Crippen molar-refractivity contribution in [3.05, 3.63) is 22.5 Å². The Hall–Kier alpha value is -1.93. The van der Waals surface area contributed by atoms with Gasteiger partial charge in [0.2, 0.25) is 0 Å². The van der Waals surface area contributed by atoms with Crippen molar-refractivity contribution in [2.45, 2.75) is 198 Å². The van der Waals surface area contributed by atoms with Gasteiger partial charge in [0.05, 0.1) is 24.2 Å². The molecule has 0 aliphatic heterocycles. The third-order valence-electron chi connectivity index (χ3n) is 10.2. The summed E-state index contributed by atoms with van der Waals surface area (Å²) in [7, 11) is 0. The molecule has 0 unspecified atom stereocenters. The van der Waals surface area contributed by atoms with E-state index in [-0.39, 0.29) is 36.6 Å². The summed E-state index contributed by atoms with van der Waals surface area (Å²) in [4.78, 5) is 26.6. The molecule has 1 heterocycles. The van der Waals surface area contributed by atoms with Gasteiger partial charge in [-0.25, -0.2) is 4.39 Å². The van der Waals surface area contributed by atoms with Crippen molar-refractivity contribution in [3.63, 3.8) is 0 Å². The topological polar surface area (TPSA) is 101 Å². The molecule has 0 aromatic carbocycles. The van der Waals surface area contributed by atoms with Gasteiger partial charge in [-0.2, -0.15) is 0 Å². The van der Waals surface area contributed by atoms with Crippen LogP contribution >= 0.6 is 0 Å². The van der Waals surface area contributed by atoms with E-state index in [1.54, 1.807) is 20.8 Å². The van der Waals surface area contributed by atoms with E-state index in [0.717, 1.165) is 75.5 Å². The van der Waals surface area contributed by atoms with Gasteiger partial charge in [0.15, 0.2) is 0 Å². The first-order valence-corrected chi connectivity index (χ1v) is 18.1. The summed E-state index contributed by atoms with van der Waals surface area (Å²) in [5.41, 5.74) is 3.65. The Morgan fingerprint density at radius 2 is 1.49 bits per heavy atom. The van der Waals surface area contributed by atoms with Gasteiger partial charge in [0, 0.05) is 24.0 Å². The minimum absolute atomic E-state index is 0.0404. The van der Waals surface area contributed by atoms with Crippen LogP contribution in [0, 0.1) is 0 Å². The van der Waals surface area contributed by atoms with E-state index < -0.39 is 29.9 Å². The van der Waals surface area contributed by atoms with Crippen LogP contribution in [0.25, 0.3) is 0 Å². The molecule has 1 aromatic heterocycles. The predicted octanol–water partition coefficient (Wildman–Crippen LogP) is 7.95. The molecule has 4 rings (SSSR count). The molecule has 3 aliphatic carbocycles. The van der Waals surface area contributed by atoms with Gasteiger partial charge in [-0.3, -0.25) is 9.59 Å². The van der Waals surface area contributed by atoms with Crippen LogP contribution < -0.4 is 5.32 Å². The standard InChI is InChI=1S/C37H61FN2O5/c1-24(2)34-33(36(44)39-28-14-10-7-11-15-28)32(25-12-8-6-9-13-25)35(26-16-18-27(38)19-17-26)40(34)21-20-29(41)22-30(42)23-31(43)45-37(3,4)5/h24-30,41-42H,6-23H2,1-5H3,(H,39,44)/t26?,27?,29-,30-/m1/s1. The summed E-state index contributed by atoms with van der Waals surface area (Å²) < 4.78 is 22.1. The van der Waals surface area contributed by atoms with Gasteiger partial charge >= 0.3 is 5.97 Å². The molecule has 3 fully saturated rings. The fourth-order valence-electron chi connectivity index (χ4n) is 8.20. The fourth-order valence-corrected chi connectivity index (χ4v) is 8.20. The number of rotatable bonds is 12. The number of aliphatic hydroxyl groups excluding tert-OH is 2. The van der Waals surface area contributed by atoms with Crippen molar-refractivity contribution in [1.29, 1.82) is 0 Å². The lowest BCUT2D eigenvalue weighted by atomic mass is 9.77. The molecule has 8 heteroatoms. The van der Waals surface area contributed by atoms with Crippen LogP contribution in [0.3, 0.4) is 0 Å². The average Bonchev–Trinajstić information content (AvgIpc) is 3.32. The molecule has 3 N–H and O–H groups in total. The number of hydrogen-bond donors (Lipinski definition) is 3. The van der Waals surface area contributed by atoms with E-state index in [1.807, 2.05) is 0 Å². The first kappa shape index (κ1) is 35.9. The Balaban J connectivity index is 1.67. The van der Waals surface area contributed by atoms with E-state index in [9.17, 15) is 24.2 Å². The maximum absolute atomic E-state index is 14.4. The number of aliphatic hydroxyl groups is 2. The second-order valence-corrected chi connectivity index (χ2v) is 15.6. The van der Waals surface area contributed by atoms with Gasteiger partial charge < -0.3 is 24.8 Å². The summed E-state index contributed by atoms with van der Waals surface area (Å²) >= 11 is 0. The number of hydrogen-bond acceptors (Lipinski definition) is 5. The molecule has 45 heavy (non-hydrogen) atoms. The van der Waals surface area contributed by atoms with Crippen LogP contribution in [0.1, 0.15) is 189 Å². The highest BCUT2D eigenvalue weighted by atomic mass is 19.1. The maximum Gasteiger partial charge on any atom is 0.308 e. The van der Waals surface area contributed by atoms with E-state index in [4.69, 9.17) is 4.74 Å². The zero-order valence-electron chi connectivity index (χ0n) is 28.7. The number of amides is 1. The molecule has 0 radical (unpaired) electrons. The molecular weight excluding hydrogens is 571 g/mol. The lowest BCUT2D eigenvalue weighted by Gasteiger charge is -2.31. The zero-order chi connectivity index (χ0) is 32.7. The first-order chi connectivity index (χ1) is 21.3. The van der Waals surface area contributed by atoms with Crippen LogP contribution in [-0.2, 0) is 16.1 Å².